The van der Waals surface area contributed by atoms with Crippen LogP contribution in [0.25, 0.3) is 0 Å². The molecule has 0 N–H and O–H groups in total. The van der Waals surface area contributed by atoms with Gasteiger partial charge in [-0.05, 0) is 18.9 Å². The maximum Gasteiger partial charge on any atom is 0.417 e. The van der Waals surface area contributed by atoms with Crippen LogP contribution < -0.4 is 0 Å². The van der Waals surface area contributed by atoms with E-state index in [1.54, 1.807) is 13.0 Å². The fourth-order valence-corrected chi connectivity index (χ4v) is 1.40. The van der Waals surface area contributed by atoms with Crippen molar-refractivity contribution in [3.63, 3.8) is 0 Å². The van der Waals surface area contributed by atoms with E-state index < -0.39 is 6.09 Å². The van der Waals surface area contributed by atoms with Crippen LogP contribution in [0.1, 0.15) is 20.8 Å². The van der Waals surface area contributed by atoms with Gasteiger partial charge >= 0.3 is 6.09 Å². The Balaban J connectivity index is 2.81. The number of hydrogen-bond donors (Lipinski definition) is 0. The Labute approximate surface area is 83.5 Å². The fourth-order valence-electron chi connectivity index (χ4n) is 1.40. The van der Waals surface area contributed by atoms with E-state index >= 15 is 0 Å². The van der Waals surface area contributed by atoms with Crippen molar-refractivity contribution in [2.45, 2.75) is 26.8 Å². The number of ether oxygens (including phenoxy) is 1. The Bertz CT molecular complexity index is 271. The zero-order chi connectivity index (χ0) is 10.7. The van der Waals surface area contributed by atoms with E-state index in [9.17, 15) is 9.59 Å². The number of carbonyl (C=O) groups is 2. The molecular weight excluding hydrogens is 182 g/mol. The summed E-state index contributed by atoms with van der Waals surface area (Å²) in [6, 6.07) is -0.133. The number of nitrogens with zero attached hydrogens (tertiary/aromatic N) is 1. The number of allylic oxidation sites excluding steroid dienone is 1. The zero-order valence-electron chi connectivity index (χ0n) is 8.69. The van der Waals surface area contributed by atoms with Gasteiger partial charge in [0, 0.05) is 0 Å². The van der Waals surface area contributed by atoms with Gasteiger partial charge in [0.2, 0.25) is 0 Å². The van der Waals surface area contributed by atoms with Crippen LogP contribution >= 0.6 is 0 Å². The van der Waals surface area contributed by atoms with Crippen LogP contribution in [0, 0.1) is 5.92 Å². The molecule has 4 heteroatoms. The number of hydrogen-bond acceptors (Lipinski definition) is 3. The van der Waals surface area contributed by atoms with Crippen molar-refractivity contribution in [1.29, 1.82) is 0 Å². The van der Waals surface area contributed by atoms with Gasteiger partial charge in [0.15, 0.2) is 0 Å². The normalized spacial score (nSPS) is 22.1. The van der Waals surface area contributed by atoms with Gasteiger partial charge in [-0.3, -0.25) is 4.79 Å². The van der Waals surface area contributed by atoms with E-state index in [0.717, 1.165) is 0 Å². The average Bonchev–Trinajstić information content (AvgIpc) is 2.47. The standard InChI is InChI=1S/C10H15NO3/c1-4-5-9(12)11-8(7(2)3)6-14-10(11)13/h4-5,7-8H,6H2,1-3H3/b5-4+/t8-/m0/s1. The van der Waals surface area contributed by atoms with E-state index in [2.05, 4.69) is 0 Å². The molecule has 1 fully saturated rings. The third-order valence-corrected chi connectivity index (χ3v) is 2.22. The fraction of sp³-hybridized carbons (Fsp3) is 0.600. The first-order valence-electron chi connectivity index (χ1n) is 4.70. The summed E-state index contributed by atoms with van der Waals surface area (Å²) in [6.45, 7) is 5.97. The quantitative estimate of drug-likeness (QED) is 0.631. The molecule has 14 heavy (non-hydrogen) atoms. The van der Waals surface area contributed by atoms with Crippen LogP contribution in [0.5, 0.6) is 0 Å². The lowest BCUT2D eigenvalue weighted by molar-refractivity contribution is -0.124. The number of rotatable bonds is 2. The first-order valence-corrected chi connectivity index (χ1v) is 4.70. The highest BCUT2D eigenvalue weighted by Gasteiger charge is 2.38. The summed E-state index contributed by atoms with van der Waals surface area (Å²) >= 11 is 0. The molecule has 4 nitrogen and oxygen atoms in total. The molecule has 1 aliphatic rings. The highest BCUT2D eigenvalue weighted by molar-refractivity contribution is 5.99. The van der Waals surface area contributed by atoms with Gasteiger partial charge in [-0.2, -0.15) is 0 Å². The second kappa shape index (κ2) is 4.26. The predicted molar refractivity (Wildman–Crippen MR) is 51.6 cm³/mol. The minimum absolute atomic E-state index is 0.133. The SMILES string of the molecule is C/C=C/C(=O)N1C(=O)OC[C@H]1C(C)C. The Morgan fingerprint density at radius 3 is 2.79 bits per heavy atom. The Morgan fingerprint density at radius 1 is 1.64 bits per heavy atom. The summed E-state index contributed by atoms with van der Waals surface area (Å²) < 4.78 is 4.84. The maximum atomic E-state index is 11.5. The van der Waals surface area contributed by atoms with E-state index in [1.165, 1.54) is 11.0 Å². The molecular formula is C10H15NO3. The van der Waals surface area contributed by atoms with Gasteiger partial charge in [0.05, 0.1) is 6.04 Å². The van der Waals surface area contributed by atoms with E-state index in [-0.39, 0.29) is 17.9 Å². The van der Waals surface area contributed by atoms with Crippen LogP contribution in [0.2, 0.25) is 0 Å². The predicted octanol–water partition coefficient (Wildman–Crippen LogP) is 1.57. The van der Waals surface area contributed by atoms with Crippen molar-refractivity contribution in [3.8, 4) is 0 Å². The van der Waals surface area contributed by atoms with Crippen LogP contribution in [0.3, 0.4) is 0 Å². The average molecular weight is 197 g/mol. The molecule has 78 valence electrons. The summed E-state index contributed by atoms with van der Waals surface area (Å²) in [7, 11) is 0. The Kier molecular flexibility index (Phi) is 3.28. The van der Waals surface area contributed by atoms with Crippen molar-refractivity contribution in [1.82, 2.24) is 4.90 Å². The summed E-state index contributed by atoms with van der Waals surface area (Å²) in [5, 5.41) is 0. The van der Waals surface area contributed by atoms with Gasteiger partial charge in [-0.1, -0.05) is 19.9 Å². The van der Waals surface area contributed by atoms with Gasteiger partial charge < -0.3 is 4.74 Å². The molecule has 0 aromatic rings. The van der Waals surface area contributed by atoms with Crippen LogP contribution in [-0.4, -0.2) is 29.5 Å². The molecule has 0 aromatic carbocycles. The van der Waals surface area contributed by atoms with Crippen molar-refractivity contribution in [3.05, 3.63) is 12.2 Å². The molecule has 0 saturated carbocycles. The Morgan fingerprint density at radius 2 is 2.29 bits per heavy atom. The minimum atomic E-state index is -0.535. The molecule has 0 unspecified atom stereocenters. The summed E-state index contributed by atoms with van der Waals surface area (Å²) in [6.07, 6.45) is 2.46. The topological polar surface area (TPSA) is 46.6 Å². The summed E-state index contributed by atoms with van der Waals surface area (Å²) in [5.41, 5.74) is 0. The zero-order valence-corrected chi connectivity index (χ0v) is 8.69. The largest absolute Gasteiger partial charge is 0.447 e. The maximum absolute atomic E-state index is 11.5. The van der Waals surface area contributed by atoms with E-state index in [1.807, 2.05) is 13.8 Å². The van der Waals surface area contributed by atoms with Crippen molar-refractivity contribution < 1.29 is 14.3 Å². The second-order valence-electron chi connectivity index (χ2n) is 3.60. The lowest BCUT2D eigenvalue weighted by Crippen LogP contribution is -2.40. The summed E-state index contributed by atoms with van der Waals surface area (Å²) in [5.74, 6) is -0.0793. The second-order valence-corrected chi connectivity index (χ2v) is 3.60. The molecule has 0 radical (unpaired) electrons. The van der Waals surface area contributed by atoms with Gasteiger partial charge in [-0.15, -0.1) is 0 Å². The minimum Gasteiger partial charge on any atom is -0.447 e. The van der Waals surface area contributed by atoms with Crippen LogP contribution in [0.15, 0.2) is 12.2 Å². The molecule has 1 saturated heterocycles. The van der Waals surface area contributed by atoms with Gasteiger partial charge in [-0.25, -0.2) is 9.69 Å². The third kappa shape index (κ3) is 1.95. The first-order chi connectivity index (χ1) is 6.57. The first kappa shape index (κ1) is 10.8. The summed E-state index contributed by atoms with van der Waals surface area (Å²) in [4.78, 5) is 23.9. The lowest BCUT2D eigenvalue weighted by Gasteiger charge is -2.20. The lowest BCUT2D eigenvalue weighted by atomic mass is 10.0. The van der Waals surface area contributed by atoms with E-state index in [0.29, 0.717) is 6.61 Å². The molecule has 2 amide bonds. The van der Waals surface area contributed by atoms with Crippen LogP contribution in [0.4, 0.5) is 4.79 Å². The monoisotopic (exact) mass is 197 g/mol. The Hall–Kier alpha value is -1.32. The molecule has 1 rings (SSSR count). The van der Waals surface area contributed by atoms with Crippen molar-refractivity contribution in [2.75, 3.05) is 6.61 Å². The highest BCUT2D eigenvalue weighted by atomic mass is 16.6. The smallest absolute Gasteiger partial charge is 0.417 e. The number of amides is 2. The molecule has 0 aliphatic carbocycles. The van der Waals surface area contributed by atoms with Crippen molar-refractivity contribution >= 4 is 12.0 Å². The third-order valence-electron chi connectivity index (χ3n) is 2.22. The number of carbonyl (C=O) groups excluding carboxylic acids is 2. The molecule has 1 aliphatic heterocycles. The molecule has 0 spiro atoms. The number of imide groups is 1. The molecule has 1 atom stereocenters. The van der Waals surface area contributed by atoms with Crippen LogP contribution in [-0.2, 0) is 9.53 Å². The van der Waals surface area contributed by atoms with Gasteiger partial charge in [0.1, 0.15) is 6.61 Å². The van der Waals surface area contributed by atoms with E-state index in [4.69, 9.17) is 4.74 Å². The van der Waals surface area contributed by atoms with Crippen molar-refractivity contribution in [2.24, 2.45) is 5.92 Å². The molecule has 1 heterocycles. The number of cyclic esters (lactones) is 1. The molecule has 0 bridgehead atoms. The highest BCUT2D eigenvalue weighted by Crippen LogP contribution is 2.19. The van der Waals surface area contributed by atoms with Gasteiger partial charge in [0.25, 0.3) is 5.91 Å². The molecule has 0 aromatic heterocycles.